The summed E-state index contributed by atoms with van der Waals surface area (Å²) in [6.07, 6.45) is 5.48. The molecule has 0 atom stereocenters. The minimum absolute atomic E-state index is 0.145. The first kappa shape index (κ1) is 16.9. The zero-order chi connectivity index (χ0) is 17.8. The molecule has 3 aromatic heterocycles. The van der Waals surface area contributed by atoms with Crippen LogP contribution in [-0.2, 0) is 17.8 Å². The van der Waals surface area contributed by atoms with Crippen molar-refractivity contribution in [2.24, 2.45) is 0 Å². The van der Waals surface area contributed by atoms with Crippen molar-refractivity contribution in [1.29, 1.82) is 0 Å². The SMILES string of the molecule is O=C(Cc1csc(-c2ccoc2)n1)N1CCN(Cc2ccccn2)CC1. The van der Waals surface area contributed by atoms with E-state index in [0.29, 0.717) is 6.42 Å². The third-order valence-electron chi connectivity index (χ3n) is 4.49. The average Bonchev–Trinajstić information content (AvgIpc) is 3.35. The lowest BCUT2D eigenvalue weighted by Crippen LogP contribution is -2.48. The second-order valence-corrected chi connectivity index (χ2v) is 7.17. The number of carbonyl (C=O) groups excluding carboxylic acids is 1. The van der Waals surface area contributed by atoms with Crippen LogP contribution < -0.4 is 0 Å². The van der Waals surface area contributed by atoms with Gasteiger partial charge in [-0.25, -0.2) is 4.98 Å². The first-order chi connectivity index (χ1) is 12.8. The van der Waals surface area contributed by atoms with Crippen LogP contribution in [0.15, 0.2) is 52.8 Å². The second kappa shape index (κ2) is 7.80. The second-order valence-electron chi connectivity index (χ2n) is 6.31. The molecule has 26 heavy (non-hydrogen) atoms. The molecule has 0 spiro atoms. The number of pyridine rings is 1. The lowest BCUT2D eigenvalue weighted by molar-refractivity contribution is -0.132. The predicted octanol–water partition coefficient (Wildman–Crippen LogP) is 2.69. The molecule has 1 amide bonds. The third kappa shape index (κ3) is 4.00. The monoisotopic (exact) mass is 368 g/mol. The number of furan rings is 1. The Morgan fingerprint density at radius 2 is 2.04 bits per heavy atom. The summed E-state index contributed by atoms with van der Waals surface area (Å²) in [6.45, 7) is 4.09. The summed E-state index contributed by atoms with van der Waals surface area (Å²) in [5.41, 5.74) is 2.85. The Morgan fingerprint density at radius 1 is 1.15 bits per heavy atom. The van der Waals surface area contributed by atoms with Gasteiger partial charge < -0.3 is 9.32 Å². The largest absolute Gasteiger partial charge is 0.472 e. The molecule has 3 aromatic rings. The zero-order valence-electron chi connectivity index (χ0n) is 14.4. The van der Waals surface area contributed by atoms with E-state index in [2.05, 4.69) is 14.9 Å². The summed E-state index contributed by atoms with van der Waals surface area (Å²) in [6, 6.07) is 7.85. The highest BCUT2D eigenvalue weighted by Crippen LogP contribution is 2.24. The van der Waals surface area contributed by atoms with Gasteiger partial charge >= 0.3 is 0 Å². The van der Waals surface area contributed by atoms with E-state index >= 15 is 0 Å². The lowest BCUT2D eigenvalue weighted by Gasteiger charge is -2.34. The molecule has 0 aliphatic carbocycles. The van der Waals surface area contributed by atoms with Gasteiger partial charge in [-0.05, 0) is 18.2 Å². The average molecular weight is 368 g/mol. The molecule has 1 aliphatic heterocycles. The summed E-state index contributed by atoms with van der Waals surface area (Å²) in [5, 5.41) is 2.85. The fraction of sp³-hybridized carbons (Fsp3) is 0.316. The molecular weight excluding hydrogens is 348 g/mol. The molecule has 134 valence electrons. The topological polar surface area (TPSA) is 62.5 Å². The smallest absolute Gasteiger partial charge is 0.228 e. The van der Waals surface area contributed by atoms with Gasteiger partial charge in [0.1, 0.15) is 11.3 Å². The molecule has 0 N–H and O–H groups in total. The standard InChI is InChI=1S/C19H20N4O2S/c24-18(11-17-14-26-19(21-17)15-4-10-25-13-15)23-8-6-22(7-9-23)12-16-3-1-2-5-20-16/h1-5,10,13-14H,6-9,11-12H2. The van der Waals surface area contributed by atoms with E-state index in [1.54, 1.807) is 23.9 Å². The first-order valence-corrected chi connectivity index (χ1v) is 9.53. The fourth-order valence-corrected chi connectivity index (χ4v) is 3.86. The molecule has 4 heterocycles. The molecule has 0 bridgehead atoms. The van der Waals surface area contributed by atoms with Gasteiger partial charge in [-0.2, -0.15) is 0 Å². The molecule has 4 rings (SSSR count). The van der Waals surface area contributed by atoms with Crippen LogP contribution in [0.5, 0.6) is 0 Å². The minimum atomic E-state index is 0.145. The van der Waals surface area contributed by atoms with E-state index in [0.717, 1.165) is 54.7 Å². The van der Waals surface area contributed by atoms with Crippen molar-refractivity contribution in [3.05, 3.63) is 59.8 Å². The normalized spacial score (nSPS) is 15.3. The number of amides is 1. The van der Waals surface area contributed by atoms with Gasteiger partial charge in [-0.3, -0.25) is 14.7 Å². The zero-order valence-corrected chi connectivity index (χ0v) is 15.2. The number of hydrogen-bond donors (Lipinski definition) is 0. The van der Waals surface area contributed by atoms with Crippen LogP contribution in [0.2, 0.25) is 0 Å². The van der Waals surface area contributed by atoms with Crippen molar-refractivity contribution in [3.63, 3.8) is 0 Å². The van der Waals surface area contributed by atoms with E-state index in [4.69, 9.17) is 4.42 Å². The van der Waals surface area contributed by atoms with Crippen LogP contribution in [0.1, 0.15) is 11.4 Å². The van der Waals surface area contributed by atoms with Gasteiger partial charge in [0.15, 0.2) is 0 Å². The van der Waals surface area contributed by atoms with Gasteiger partial charge in [-0.1, -0.05) is 6.07 Å². The molecule has 7 heteroatoms. The van der Waals surface area contributed by atoms with E-state index in [9.17, 15) is 4.79 Å². The third-order valence-corrected chi connectivity index (χ3v) is 5.43. The Morgan fingerprint density at radius 3 is 2.77 bits per heavy atom. The Hall–Kier alpha value is -2.51. The quantitative estimate of drug-likeness (QED) is 0.693. The maximum atomic E-state index is 12.6. The number of hydrogen-bond acceptors (Lipinski definition) is 6. The van der Waals surface area contributed by atoms with Gasteiger partial charge in [0, 0.05) is 49.9 Å². The maximum absolute atomic E-state index is 12.6. The summed E-state index contributed by atoms with van der Waals surface area (Å²) >= 11 is 1.54. The van der Waals surface area contributed by atoms with Crippen molar-refractivity contribution >= 4 is 17.2 Å². The number of rotatable bonds is 5. The molecule has 0 radical (unpaired) electrons. The molecule has 1 saturated heterocycles. The van der Waals surface area contributed by atoms with Crippen LogP contribution in [0, 0.1) is 0 Å². The van der Waals surface area contributed by atoms with Crippen molar-refractivity contribution < 1.29 is 9.21 Å². The Kier molecular flexibility index (Phi) is 5.08. The maximum Gasteiger partial charge on any atom is 0.228 e. The highest BCUT2D eigenvalue weighted by Gasteiger charge is 2.22. The molecule has 6 nitrogen and oxygen atoms in total. The Balaban J connectivity index is 1.28. The van der Waals surface area contributed by atoms with Crippen molar-refractivity contribution in [2.75, 3.05) is 26.2 Å². The summed E-state index contributed by atoms with van der Waals surface area (Å²) in [4.78, 5) is 25.8. The van der Waals surface area contributed by atoms with Crippen LogP contribution in [-0.4, -0.2) is 51.9 Å². The van der Waals surface area contributed by atoms with Crippen LogP contribution in [0.25, 0.3) is 10.6 Å². The fourth-order valence-electron chi connectivity index (χ4n) is 3.05. The lowest BCUT2D eigenvalue weighted by atomic mass is 10.2. The molecule has 1 aliphatic rings. The van der Waals surface area contributed by atoms with E-state index in [1.807, 2.05) is 40.7 Å². The van der Waals surface area contributed by atoms with Gasteiger partial charge in [-0.15, -0.1) is 11.3 Å². The Bertz CT molecular complexity index is 840. The number of nitrogens with zero attached hydrogens (tertiary/aromatic N) is 4. The van der Waals surface area contributed by atoms with Crippen LogP contribution in [0.4, 0.5) is 0 Å². The minimum Gasteiger partial charge on any atom is -0.472 e. The highest BCUT2D eigenvalue weighted by molar-refractivity contribution is 7.13. The number of thiazole rings is 1. The highest BCUT2D eigenvalue weighted by atomic mass is 32.1. The van der Waals surface area contributed by atoms with Gasteiger partial charge in [0.05, 0.1) is 24.1 Å². The van der Waals surface area contributed by atoms with Crippen molar-refractivity contribution in [3.8, 4) is 10.6 Å². The first-order valence-electron chi connectivity index (χ1n) is 8.65. The summed E-state index contributed by atoms with van der Waals surface area (Å²) in [5.74, 6) is 0.145. The van der Waals surface area contributed by atoms with E-state index < -0.39 is 0 Å². The predicted molar refractivity (Wildman–Crippen MR) is 99.6 cm³/mol. The van der Waals surface area contributed by atoms with E-state index in [1.165, 1.54) is 0 Å². The molecule has 0 saturated carbocycles. The molecule has 0 aromatic carbocycles. The van der Waals surface area contributed by atoms with Crippen LogP contribution >= 0.6 is 11.3 Å². The Labute approximate surface area is 156 Å². The van der Waals surface area contributed by atoms with Crippen LogP contribution in [0.3, 0.4) is 0 Å². The number of aromatic nitrogens is 2. The summed E-state index contributed by atoms with van der Waals surface area (Å²) in [7, 11) is 0. The van der Waals surface area contributed by atoms with Crippen molar-refractivity contribution in [2.45, 2.75) is 13.0 Å². The van der Waals surface area contributed by atoms with Gasteiger partial charge in [0.25, 0.3) is 0 Å². The molecule has 0 unspecified atom stereocenters. The molecule has 1 fully saturated rings. The van der Waals surface area contributed by atoms with Gasteiger partial charge in [0.2, 0.25) is 5.91 Å². The van der Waals surface area contributed by atoms with E-state index in [-0.39, 0.29) is 5.91 Å². The number of piperazine rings is 1. The van der Waals surface area contributed by atoms with Crippen molar-refractivity contribution in [1.82, 2.24) is 19.8 Å². The molecular formula is C19H20N4O2S. The summed E-state index contributed by atoms with van der Waals surface area (Å²) < 4.78 is 5.09. The number of carbonyl (C=O) groups is 1.